The zero-order valence-corrected chi connectivity index (χ0v) is 26.7. The van der Waals surface area contributed by atoms with Crippen LogP contribution in [-0.4, -0.2) is 76.2 Å². The number of nitrogens with zero attached hydrogens (tertiary/aromatic N) is 3. The first-order valence-electron chi connectivity index (χ1n) is 17.2. The minimum atomic E-state index is -1.22. The zero-order valence-electron chi connectivity index (χ0n) is 26.7. The molecule has 2 aliphatic carbocycles. The summed E-state index contributed by atoms with van der Waals surface area (Å²) in [7, 11) is 0. The molecule has 2 N–H and O–H groups in total. The summed E-state index contributed by atoms with van der Waals surface area (Å²) in [5, 5.41) is 15.7. The smallest absolute Gasteiger partial charge is 0.256 e. The largest absolute Gasteiger partial charge is 0.387 e. The van der Waals surface area contributed by atoms with Crippen LogP contribution < -0.4 is 10.9 Å². The van der Waals surface area contributed by atoms with Gasteiger partial charge in [-0.05, 0) is 37.7 Å². The van der Waals surface area contributed by atoms with Gasteiger partial charge in [-0.25, -0.2) is 4.39 Å². The Morgan fingerprint density at radius 3 is 2.40 bits per heavy atom. The molecule has 2 saturated carbocycles. The number of amides is 2. The number of carbonyl (C=O) groups excluding carboxylic acids is 2. The molecule has 45 heavy (non-hydrogen) atoms. The van der Waals surface area contributed by atoms with E-state index in [9.17, 15) is 19.5 Å². The highest BCUT2D eigenvalue weighted by molar-refractivity contribution is 6.00. The second-order valence-electron chi connectivity index (χ2n) is 14.3. The lowest BCUT2D eigenvalue weighted by Crippen LogP contribution is -2.62. The van der Waals surface area contributed by atoms with Gasteiger partial charge in [-0.3, -0.25) is 14.4 Å². The lowest BCUT2D eigenvalue weighted by Gasteiger charge is -2.53. The summed E-state index contributed by atoms with van der Waals surface area (Å²) in [6, 6.07) is 7.55. The fraction of sp³-hybridized carbons (Fsp3) is 0.639. The van der Waals surface area contributed by atoms with Crippen molar-refractivity contribution in [2.45, 2.75) is 89.7 Å². The van der Waals surface area contributed by atoms with E-state index in [1.165, 1.54) is 48.8 Å². The van der Waals surface area contributed by atoms with Crippen LogP contribution in [0.2, 0.25) is 0 Å². The summed E-state index contributed by atoms with van der Waals surface area (Å²) in [4.78, 5) is 45.0. The van der Waals surface area contributed by atoms with Crippen LogP contribution in [0.25, 0.3) is 11.1 Å². The topological polar surface area (TPSA) is 94.9 Å². The molecule has 2 amide bonds. The van der Waals surface area contributed by atoms with Gasteiger partial charge in [0.1, 0.15) is 5.82 Å². The highest BCUT2D eigenvalue weighted by Gasteiger charge is 2.56. The predicted octanol–water partition coefficient (Wildman–Crippen LogP) is 4.83. The molecular weight excluding hydrogens is 571 g/mol. The van der Waals surface area contributed by atoms with Gasteiger partial charge in [-0.1, -0.05) is 70.1 Å². The summed E-state index contributed by atoms with van der Waals surface area (Å²) < 4.78 is 16.5. The van der Waals surface area contributed by atoms with Gasteiger partial charge < -0.3 is 24.8 Å². The van der Waals surface area contributed by atoms with Gasteiger partial charge in [0.15, 0.2) is 0 Å². The summed E-state index contributed by atoms with van der Waals surface area (Å²) in [6.07, 6.45) is 12.6. The number of halogens is 1. The van der Waals surface area contributed by atoms with Crippen LogP contribution in [0.1, 0.15) is 87.9 Å². The summed E-state index contributed by atoms with van der Waals surface area (Å²) in [5.41, 5.74) is -1.38. The van der Waals surface area contributed by atoms with Gasteiger partial charge in [0.25, 0.3) is 11.5 Å². The van der Waals surface area contributed by atoms with E-state index >= 15 is 4.39 Å². The van der Waals surface area contributed by atoms with Gasteiger partial charge in [-0.15, -0.1) is 0 Å². The van der Waals surface area contributed by atoms with Gasteiger partial charge >= 0.3 is 0 Å². The lowest BCUT2D eigenvalue weighted by molar-refractivity contribution is -0.163. The molecule has 0 radical (unpaired) electrons. The van der Waals surface area contributed by atoms with Crippen LogP contribution in [0.3, 0.4) is 0 Å². The Kier molecular flexibility index (Phi) is 9.48. The van der Waals surface area contributed by atoms with Gasteiger partial charge in [0.05, 0.1) is 17.7 Å². The van der Waals surface area contributed by atoms with Crippen molar-refractivity contribution in [2.75, 3.05) is 39.3 Å². The van der Waals surface area contributed by atoms with Crippen molar-refractivity contribution in [3.05, 3.63) is 58.3 Å². The van der Waals surface area contributed by atoms with E-state index in [2.05, 4.69) is 12.2 Å². The van der Waals surface area contributed by atoms with E-state index in [1.54, 1.807) is 29.3 Å². The van der Waals surface area contributed by atoms with Crippen LogP contribution in [-0.2, 0) is 11.3 Å². The molecular formula is C36H49FN4O4. The number of piperazine rings is 1. The Labute approximate surface area is 266 Å². The molecule has 244 valence electrons. The van der Waals surface area contributed by atoms with Gasteiger partial charge in [0, 0.05) is 74.0 Å². The highest BCUT2D eigenvalue weighted by atomic mass is 19.1. The third-order valence-electron chi connectivity index (χ3n) is 11.3. The second-order valence-corrected chi connectivity index (χ2v) is 14.3. The van der Waals surface area contributed by atoms with Crippen molar-refractivity contribution >= 4 is 11.8 Å². The first kappa shape index (κ1) is 31.9. The van der Waals surface area contributed by atoms with E-state index in [0.29, 0.717) is 51.6 Å². The molecule has 1 spiro atoms. The molecule has 2 aliphatic heterocycles. The van der Waals surface area contributed by atoms with Gasteiger partial charge in [0.2, 0.25) is 5.91 Å². The quantitative estimate of drug-likeness (QED) is 0.463. The summed E-state index contributed by atoms with van der Waals surface area (Å²) in [6.45, 7) is 5.40. The van der Waals surface area contributed by atoms with Crippen LogP contribution in [0.4, 0.5) is 4.39 Å². The fourth-order valence-corrected chi connectivity index (χ4v) is 8.71. The number of piperidine rings is 1. The van der Waals surface area contributed by atoms with E-state index in [1.807, 2.05) is 4.90 Å². The highest BCUT2D eigenvalue weighted by Crippen LogP contribution is 2.52. The maximum atomic E-state index is 15.0. The number of likely N-dealkylation sites (tertiary alicyclic amines) is 1. The molecule has 2 saturated heterocycles. The Balaban J connectivity index is 1.28. The minimum Gasteiger partial charge on any atom is -0.387 e. The van der Waals surface area contributed by atoms with Crippen molar-refractivity contribution in [3.63, 3.8) is 0 Å². The number of hydrogen-bond acceptors (Lipinski definition) is 5. The maximum Gasteiger partial charge on any atom is 0.256 e. The standard InChI is InChI=1S/C36H49FN4O4/c1-26(21-27-9-3-2-4-10-27)33(43)40-18-15-36(45,35(24-40)13-7-8-14-35)25-41-23-30(34(44)39-19-16-38-17-20-39)29(22-32(41)42)28-11-5-6-12-31(28)37/h5-6,11-12,22-23,26-27,38,45H,2-4,7-10,13-21,24-25H2,1H3/t26-,36-/m1/s1. The van der Waals surface area contributed by atoms with E-state index in [-0.39, 0.29) is 46.5 Å². The van der Waals surface area contributed by atoms with Crippen molar-refractivity contribution in [1.29, 1.82) is 0 Å². The Morgan fingerprint density at radius 2 is 1.69 bits per heavy atom. The zero-order chi connectivity index (χ0) is 31.6. The molecule has 9 heteroatoms. The monoisotopic (exact) mass is 620 g/mol. The Bertz CT molecular complexity index is 1440. The molecule has 2 aromatic rings. The molecule has 2 atom stereocenters. The molecule has 1 aromatic heterocycles. The average molecular weight is 621 g/mol. The van der Waals surface area contributed by atoms with Crippen molar-refractivity contribution in [1.82, 2.24) is 19.7 Å². The van der Waals surface area contributed by atoms with Crippen molar-refractivity contribution in [3.8, 4) is 11.1 Å². The molecule has 4 aliphatic rings. The lowest BCUT2D eigenvalue weighted by atomic mass is 9.65. The molecule has 0 unspecified atom stereocenters. The van der Waals surface area contributed by atoms with E-state index < -0.39 is 16.8 Å². The SMILES string of the molecule is C[C@H](CC1CCCCC1)C(=O)N1CC[C@@](O)(Cn2cc(C(=O)N3CCNCC3)c(-c3ccccc3F)cc2=O)C2(CCCC2)C1. The van der Waals surface area contributed by atoms with Crippen LogP contribution >= 0.6 is 0 Å². The molecule has 8 nitrogen and oxygen atoms in total. The van der Waals surface area contributed by atoms with E-state index in [4.69, 9.17) is 0 Å². The van der Waals surface area contributed by atoms with Crippen LogP contribution in [0, 0.1) is 23.1 Å². The van der Waals surface area contributed by atoms with Gasteiger partial charge in [-0.2, -0.15) is 0 Å². The molecule has 4 fully saturated rings. The number of aliphatic hydroxyl groups is 1. The van der Waals surface area contributed by atoms with Crippen molar-refractivity contribution in [2.24, 2.45) is 17.3 Å². The maximum absolute atomic E-state index is 15.0. The number of hydrogen-bond donors (Lipinski definition) is 2. The summed E-state index contributed by atoms with van der Waals surface area (Å²) >= 11 is 0. The number of rotatable bonds is 7. The number of pyridine rings is 1. The first-order chi connectivity index (χ1) is 21.7. The average Bonchev–Trinajstić information content (AvgIpc) is 3.54. The predicted molar refractivity (Wildman–Crippen MR) is 172 cm³/mol. The first-order valence-corrected chi connectivity index (χ1v) is 17.2. The minimum absolute atomic E-state index is 0.0326. The van der Waals surface area contributed by atoms with E-state index in [0.717, 1.165) is 32.1 Å². The molecule has 3 heterocycles. The summed E-state index contributed by atoms with van der Waals surface area (Å²) in [5.74, 6) is 0.0204. The number of nitrogens with one attached hydrogen (secondary N) is 1. The normalized spacial score (nSPS) is 24.6. The van der Waals surface area contributed by atoms with Crippen LogP contribution in [0.15, 0.2) is 41.3 Å². The third-order valence-corrected chi connectivity index (χ3v) is 11.3. The number of carbonyl (C=O) groups is 2. The molecule has 0 bridgehead atoms. The Hall–Kier alpha value is -3.04. The molecule has 6 rings (SSSR count). The van der Waals surface area contributed by atoms with Crippen molar-refractivity contribution < 1.29 is 19.1 Å². The Morgan fingerprint density at radius 1 is 0.978 bits per heavy atom. The second kappa shape index (κ2) is 13.4. The number of benzene rings is 1. The third kappa shape index (κ3) is 6.48. The molecule has 1 aromatic carbocycles. The number of aromatic nitrogens is 1. The van der Waals surface area contributed by atoms with Crippen LogP contribution in [0.5, 0.6) is 0 Å². The fourth-order valence-electron chi connectivity index (χ4n) is 8.71.